The summed E-state index contributed by atoms with van der Waals surface area (Å²) in [5.74, 6) is 0.0821. The van der Waals surface area contributed by atoms with Crippen LogP contribution in [0.2, 0.25) is 0 Å². The molecule has 0 unspecified atom stereocenters. The van der Waals surface area contributed by atoms with Crippen LogP contribution in [0.15, 0.2) is 35.5 Å². The molecule has 2 rings (SSSR count). The normalized spacial score (nSPS) is 10.1. The number of aryl methyl sites for hydroxylation is 1. The number of aromatic nitrogens is 3. The molecule has 2 aromatic heterocycles. The summed E-state index contributed by atoms with van der Waals surface area (Å²) in [7, 11) is 1.70. The summed E-state index contributed by atoms with van der Waals surface area (Å²) in [6.07, 6.45) is 4.40. The van der Waals surface area contributed by atoms with Crippen molar-refractivity contribution in [3.05, 3.63) is 46.5 Å². The SMILES string of the molecule is Cn1nccc1NC(=O)c1c[nH]ccc1=O. The van der Waals surface area contributed by atoms with Gasteiger partial charge in [-0.3, -0.25) is 14.3 Å². The van der Waals surface area contributed by atoms with E-state index in [1.807, 2.05) is 0 Å². The van der Waals surface area contributed by atoms with Crippen LogP contribution in [-0.2, 0) is 7.05 Å². The predicted octanol–water partition coefficient (Wildman–Crippen LogP) is 0.361. The highest BCUT2D eigenvalue weighted by Gasteiger charge is 2.10. The Bertz CT molecular complexity index is 570. The number of aromatic amines is 1. The smallest absolute Gasteiger partial charge is 0.262 e. The van der Waals surface area contributed by atoms with Gasteiger partial charge >= 0.3 is 0 Å². The van der Waals surface area contributed by atoms with Gasteiger partial charge in [0.05, 0.1) is 6.20 Å². The van der Waals surface area contributed by atoms with Gasteiger partial charge in [-0.1, -0.05) is 0 Å². The minimum absolute atomic E-state index is 0.0729. The summed E-state index contributed by atoms with van der Waals surface area (Å²) in [4.78, 5) is 25.8. The van der Waals surface area contributed by atoms with E-state index in [0.717, 1.165) is 0 Å². The lowest BCUT2D eigenvalue weighted by atomic mass is 10.2. The molecule has 0 aliphatic rings. The zero-order chi connectivity index (χ0) is 11.5. The van der Waals surface area contributed by atoms with Gasteiger partial charge in [-0.25, -0.2) is 0 Å². The fourth-order valence-electron chi connectivity index (χ4n) is 1.27. The summed E-state index contributed by atoms with van der Waals surface area (Å²) < 4.78 is 1.51. The molecule has 1 amide bonds. The number of carbonyl (C=O) groups excluding carboxylic acids is 1. The molecule has 0 fully saturated rings. The number of carbonyl (C=O) groups is 1. The van der Waals surface area contributed by atoms with E-state index in [9.17, 15) is 9.59 Å². The van der Waals surface area contributed by atoms with Crippen LogP contribution in [0.1, 0.15) is 10.4 Å². The molecule has 6 heteroatoms. The second kappa shape index (κ2) is 4.01. The second-order valence-electron chi connectivity index (χ2n) is 3.22. The van der Waals surface area contributed by atoms with Gasteiger partial charge in [0.2, 0.25) is 0 Å². The van der Waals surface area contributed by atoms with Gasteiger partial charge in [-0.15, -0.1) is 0 Å². The molecule has 0 aromatic carbocycles. The highest BCUT2D eigenvalue weighted by molar-refractivity contribution is 6.03. The number of nitrogens with zero attached hydrogens (tertiary/aromatic N) is 2. The van der Waals surface area contributed by atoms with Crippen molar-refractivity contribution in [1.82, 2.24) is 14.8 Å². The van der Waals surface area contributed by atoms with Gasteiger partial charge < -0.3 is 10.3 Å². The molecule has 0 aliphatic carbocycles. The van der Waals surface area contributed by atoms with Crippen molar-refractivity contribution < 1.29 is 4.79 Å². The van der Waals surface area contributed by atoms with Crippen molar-refractivity contribution in [2.24, 2.45) is 7.05 Å². The minimum Gasteiger partial charge on any atom is -0.367 e. The first-order chi connectivity index (χ1) is 7.68. The van der Waals surface area contributed by atoms with Gasteiger partial charge in [-0.05, 0) is 0 Å². The largest absolute Gasteiger partial charge is 0.367 e. The van der Waals surface area contributed by atoms with Crippen molar-refractivity contribution in [3.8, 4) is 0 Å². The van der Waals surface area contributed by atoms with E-state index in [1.54, 1.807) is 19.3 Å². The number of hydrogen-bond donors (Lipinski definition) is 2. The first kappa shape index (κ1) is 10.2. The zero-order valence-corrected chi connectivity index (χ0v) is 8.60. The number of amides is 1. The van der Waals surface area contributed by atoms with Crippen LogP contribution in [0.4, 0.5) is 5.82 Å². The Morgan fingerprint density at radius 1 is 1.50 bits per heavy atom. The van der Waals surface area contributed by atoms with Crippen molar-refractivity contribution in [3.63, 3.8) is 0 Å². The molecule has 0 bridgehead atoms. The molecular formula is C10H10N4O2. The first-order valence-electron chi connectivity index (χ1n) is 4.65. The van der Waals surface area contributed by atoms with Crippen molar-refractivity contribution >= 4 is 11.7 Å². The van der Waals surface area contributed by atoms with E-state index < -0.39 is 5.91 Å². The van der Waals surface area contributed by atoms with Crippen LogP contribution < -0.4 is 10.7 Å². The fourth-order valence-corrected chi connectivity index (χ4v) is 1.27. The van der Waals surface area contributed by atoms with Crippen LogP contribution >= 0.6 is 0 Å². The number of anilines is 1. The summed E-state index contributed by atoms with van der Waals surface area (Å²) in [5, 5.41) is 6.49. The summed E-state index contributed by atoms with van der Waals surface area (Å²) in [6, 6.07) is 2.95. The Kier molecular flexibility index (Phi) is 2.55. The molecule has 2 N–H and O–H groups in total. The average molecular weight is 218 g/mol. The van der Waals surface area contributed by atoms with Gasteiger partial charge in [0.25, 0.3) is 5.91 Å². The molecule has 0 atom stereocenters. The summed E-state index contributed by atoms with van der Waals surface area (Å²) in [5.41, 5.74) is -0.248. The van der Waals surface area contributed by atoms with Crippen molar-refractivity contribution in [1.29, 1.82) is 0 Å². The lowest BCUT2D eigenvalue weighted by Gasteiger charge is -2.03. The van der Waals surface area contributed by atoms with E-state index in [1.165, 1.54) is 23.1 Å². The Hall–Kier alpha value is -2.37. The molecule has 2 aromatic rings. The van der Waals surface area contributed by atoms with Crippen LogP contribution in [0.3, 0.4) is 0 Å². The van der Waals surface area contributed by atoms with Crippen LogP contribution in [-0.4, -0.2) is 20.7 Å². The zero-order valence-electron chi connectivity index (χ0n) is 8.60. The van der Waals surface area contributed by atoms with Gasteiger partial charge in [0, 0.05) is 31.6 Å². The fraction of sp³-hybridized carbons (Fsp3) is 0.100. The van der Waals surface area contributed by atoms with E-state index in [2.05, 4.69) is 15.4 Å². The van der Waals surface area contributed by atoms with Crippen LogP contribution in [0, 0.1) is 0 Å². The Morgan fingerprint density at radius 2 is 2.31 bits per heavy atom. The number of pyridine rings is 1. The lowest BCUT2D eigenvalue weighted by molar-refractivity contribution is 0.102. The molecule has 0 aliphatic heterocycles. The third-order valence-corrected chi connectivity index (χ3v) is 2.13. The van der Waals surface area contributed by atoms with E-state index in [-0.39, 0.29) is 11.0 Å². The average Bonchev–Trinajstić information content (AvgIpc) is 2.65. The van der Waals surface area contributed by atoms with Crippen LogP contribution in [0.5, 0.6) is 0 Å². The van der Waals surface area contributed by atoms with Crippen molar-refractivity contribution in [2.45, 2.75) is 0 Å². The maximum absolute atomic E-state index is 11.7. The topological polar surface area (TPSA) is 79.8 Å². The molecule has 0 saturated heterocycles. The van der Waals surface area contributed by atoms with E-state index in [0.29, 0.717) is 5.82 Å². The van der Waals surface area contributed by atoms with E-state index >= 15 is 0 Å². The van der Waals surface area contributed by atoms with E-state index in [4.69, 9.17) is 0 Å². The second-order valence-corrected chi connectivity index (χ2v) is 3.22. The lowest BCUT2D eigenvalue weighted by Crippen LogP contribution is -2.22. The third-order valence-electron chi connectivity index (χ3n) is 2.13. The van der Waals surface area contributed by atoms with Crippen LogP contribution in [0.25, 0.3) is 0 Å². The number of nitrogens with one attached hydrogen (secondary N) is 2. The Morgan fingerprint density at radius 3 is 2.94 bits per heavy atom. The summed E-state index contributed by atoms with van der Waals surface area (Å²) in [6.45, 7) is 0. The molecule has 0 spiro atoms. The summed E-state index contributed by atoms with van der Waals surface area (Å²) >= 11 is 0. The molecule has 0 radical (unpaired) electrons. The van der Waals surface area contributed by atoms with Gasteiger partial charge in [0.15, 0.2) is 5.43 Å². The highest BCUT2D eigenvalue weighted by atomic mass is 16.2. The highest BCUT2D eigenvalue weighted by Crippen LogP contribution is 2.04. The molecule has 0 saturated carbocycles. The first-order valence-corrected chi connectivity index (χ1v) is 4.65. The number of H-pyrrole nitrogens is 1. The Balaban J connectivity index is 2.25. The maximum Gasteiger partial charge on any atom is 0.262 e. The molecular weight excluding hydrogens is 208 g/mol. The molecule has 16 heavy (non-hydrogen) atoms. The van der Waals surface area contributed by atoms with Crippen molar-refractivity contribution in [2.75, 3.05) is 5.32 Å². The molecule has 6 nitrogen and oxygen atoms in total. The maximum atomic E-state index is 11.7. The Labute approximate surface area is 90.9 Å². The predicted molar refractivity (Wildman–Crippen MR) is 58.2 cm³/mol. The minimum atomic E-state index is -0.453. The molecule has 2 heterocycles. The number of rotatable bonds is 2. The monoisotopic (exact) mass is 218 g/mol. The standard InChI is InChI=1S/C10H10N4O2/c1-14-9(3-5-12-14)13-10(16)7-6-11-4-2-8(7)15/h2-6H,1H3,(H,11,15)(H,13,16). The van der Waals surface area contributed by atoms with Gasteiger partial charge in [0.1, 0.15) is 11.4 Å². The van der Waals surface area contributed by atoms with Gasteiger partial charge in [-0.2, -0.15) is 5.10 Å². The molecule has 82 valence electrons. The quantitative estimate of drug-likeness (QED) is 0.763. The third kappa shape index (κ3) is 1.85. The number of hydrogen-bond acceptors (Lipinski definition) is 3.